The molecule has 27 nitrogen and oxygen atoms in total. The van der Waals surface area contributed by atoms with Crippen molar-refractivity contribution in [1.29, 1.82) is 0 Å². The third-order valence-corrected chi connectivity index (χ3v) is 15.4. The van der Waals surface area contributed by atoms with Crippen LogP contribution in [-0.4, -0.2) is 187 Å². The van der Waals surface area contributed by atoms with Crippen LogP contribution in [0.5, 0.6) is 5.75 Å². The number of hydrogen-bond acceptors (Lipinski definition) is 17. The Morgan fingerprint density at radius 3 is 2.13 bits per heavy atom. The molecule has 1 saturated heterocycles. The average molecular weight is 1180 g/mol. The zero-order valence-electron chi connectivity index (χ0n) is 48.0. The molecule has 0 bridgehead atoms. The number of alkyl carbamates (subject to hydrolysis) is 2. The van der Waals surface area contributed by atoms with Crippen molar-refractivity contribution in [3.8, 4) is 5.75 Å². The molecule has 28 heteroatoms. The van der Waals surface area contributed by atoms with Crippen molar-refractivity contribution in [2.75, 3.05) is 38.5 Å². The maximum absolute atomic E-state index is 15.0. The van der Waals surface area contributed by atoms with Crippen LogP contribution in [0.2, 0.25) is 0 Å². The molecule has 11 atom stereocenters. The molecule has 1 fully saturated rings. The number of nitrogens with zero attached hydrogens (tertiary/aromatic N) is 1. The fourth-order valence-electron chi connectivity index (χ4n) is 9.24. The number of unbranched alkanes of at least 4 members (excludes halogenated alkanes) is 3. The lowest BCUT2D eigenvalue weighted by atomic mass is 9.93. The number of ether oxygens (including phenoxy) is 2. The van der Waals surface area contributed by atoms with Crippen LogP contribution in [0.3, 0.4) is 0 Å². The number of aromatic nitrogens is 1. The van der Waals surface area contributed by atoms with E-state index in [9.17, 15) is 72.3 Å². The van der Waals surface area contributed by atoms with E-state index >= 15 is 0 Å². The summed E-state index contributed by atoms with van der Waals surface area (Å²) < 4.78 is 25.3. The third kappa shape index (κ3) is 20.4. The minimum atomic E-state index is -2.36. The minimum Gasteiger partial charge on any atom is -0.508 e. The number of carbonyl (C=O) groups excluding carboxylic acids is 11. The molecule has 0 aliphatic carbocycles. The first-order valence-corrected chi connectivity index (χ1v) is 28.9. The molecule has 82 heavy (non-hydrogen) atoms. The third-order valence-electron chi connectivity index (χ3n) is 13.9. The van der Waals surface area contributed by atoms with Crippen molar-refractivity contribution in [1.82, 2.24) is 52.4 Å². The van der Waals surface area contributed by atoms with Crippen molar-refractivity contribution in [3.05, 3.63) is 23.8 Å². The second kappa shape index (κ2) is 31.3. The minimum absolute atomic E-state index is 0.0669. The smallest absolute Gasteiger partial charge is 0.407 e. The van der Waals surface area contributed by atoms with Gasteiger partial charge < -0.3 is 77.2 Å². The van der Waals surface area contributed by atoms with E-state index in [0.717, 1.165) is 11.8 Å². The second-order valence-corrected chi connectivity index (χ2v) is 23.2. The first kappa shape index (κ1) is 67.3. The van der Waals surface area contributed by atoms with Crippen molar-refractivity contribution < 1.29 is 81.7 Å². The number of aromatic hydroxyl groups is 1. The van der Waals surface area contributed by atoms with Gasteiger partial charge in [-0.1, -0.05) is 47.0 Å². The van der Waals surface area contributed by atoms with Crippen molar-refractivity contribution >= 4 is 86.8 Å². The summed E-state index contributed by atoms with van der Waals surface area (Å²) in [6, 6.07) is -5.50. The number of benzene rings is 1. The SMILES string of the molecule is CCC(=O)NC1C[S@@](=O)c2[nH]c3cc(O)ccc3c2CC(C(=O)NCC(=O)N[C@H](C(C)=O)[C@@H](C)CC)NC(=O)[C@H]([C@@H](C)[C@@H](O)COC(=O)NCCCCCCNC(=O)OC(C)(C)C)NC(=O)[C@@H]2CC(O)CN2C(=O)[C@H](CC(C)=O)NC1=O. The Labute approximate surface area is 478 Å². The van der Waals surface area contributed by atoms with Crippen LogP contribution >= 0.6 is 0 Å². The van der Waals surface area contributed by atoms with E-state index in [1.807, 2.05) is 6.92 Å². The van der Waals surface area contributed by atoms with Gasteiger partial charge in [-0.15, -0.1) is 0 Å². The number of phenols is 1. The number of fused-ring (bicyclic) bond motifs is 4. The van der Waals surface area contributed by atoms with Gasteiger partial charge in [0.25, 0.3) is 0 Å². The summed E-state index contributed by atoms with van der Waals surface area (Å²) in [6.07, 6.45) is -3.22. The highest BCUT2D eigenvalue weighted by atomic mass is 32.2. The maximum Gasteiger partial charge on any atom is 0.407 e. The van der Waals surface area contributed by atoms with E-state index in [2.05, 4.69) is 47.5 Å². The number of aliphatic hydroxyl groups excluding tert-OH is 2. The van der Waals surface area contributed by atoms with Crippen LogP contribution in [-0.2, 0) is 69.8 Å². The Bertz CT molecular complexity index is 2680. The van der Waals surface area contributed by atoms with Crippen molar-refractivity contribution in [2.24, 2.45) is 11.8 Å². The molecular formula is C54H82N10O17S. The number of amides is 9. The standard InChI is InChI=1S/C54H82N10O17S/c1-10-28(3)44(31(6)66)62-43(71)24-57-46(72)37-23-35-34-17-16-32(67)21-36(34)61-50(35)82(79)27-39(58-42(70)11-2)47(73)60-38(20-29(4)65)51(76)64-25-33(68)22-40(64)48(74)63-45(49(75)59-37)30(5)41(69)26-80-52(77)55-18-14-12-13-15-19-56-53(78)81-54(7,8)9/h16-17,21,28,30,33,37-41,44-45,61,67-69H,10-15,18-20,22-27H2,1-9H3,(H,55,77)(H,56,78)(H,57,72)(H,58,70)(H,59,75)(H,60,73)(H,62,71)(H,63,74)/t28-,30-,33?,37?,38-,39?,40-,41-,44-,45-,82+/m0/s1. The number of carbonyl (C=O) groups is 11. The van der Waals surface area contributed by atoms with Gasteiger partial charge in [0.2, 0.25) is 41.4 Å². The number of H-pyrrole nitrogens is 1. The molecule has 456 valence electrons. The summed E-state index contributed by atoms with van der Waals surface area (Å²) in [5.41, 5.74) is -0.404. The zero-order valence-corrected chi connectivity index (χ0v) is 48.8. The molecule has 2 aromatic rings. The first-order chi connectivity index (χ1) is 38.5. The van der Waals surface area contributed by atoms with Gasteiger partial charge in [-0.25, -0.2) is 9.59 Å². The van der Waals surface area contributed by atoms with E-state index in [4.69, 9.17) is 9.47 Å². The first-order valence-electron chi connectivity index (χ1n) is 27.6. The molecule has 1 aromatic carbocycles. The topological polar surface area (TPSA) is 399 Å². The lowest BCUT2D eigenvalue weighted by Crippen LogP contribution is -2.61. The number of nitrogens with one attached hydrogen (secondary N) is 9. The van der Waals surface area contributed by atoms with Gasteiger partial charge in [0.15, 0.2) is 5.78 Å². The zero-order chi connectivity index (χ0) is 61.2. The molecule has 0 spiro atoms. The Morgan fingerprint density at radius 2 is 1.52 bits per heavy atom. The quantitative estimate of drug-likeness (QED) is 0.0683. The van der Waals surface area contributed by atoms with Gasteiger partial charge in [-0.3, -0.25) is 47.4 Å². The highest BCUT2D eigenvalue weighted by molar-refractivity contribution is 7.85. The summed E-state index contributed by atoms with van der Waals surface area (Å²) in [6.45, 7) is 12.7. The number of ketones is 2. The van der Waals surface area contributed by atoms with Crippen LogP contribution < -0.4 is 42.5 Å². The largest absolute Gasteiger partial charge is 0.508 e. The van der Waals surface area contributed by atoms with Crippen molar-refractivity contribution in [2.45, 2.75) is 179 Å². The predicted molar refractivity (Wildman–Crippen MR) is 297 cm³/mol. The number of phenolic OH excluding ortho intramolecular Hbond substituents is 1. The van der Waals surface area contributed by atoms with Crippen molar-refractivity contribution in [3.63, 3.8) is 0 Å². The fraction of sp³-hybridized carbons (Fsp3) is 0.648. The Morgan fingerprint density at radius 1 is 0.866 bits per heavy atom. The molecular weight excluding hydrogens is 1090 g/mol. The maximum atomic E-state index is 15.0. The lowest BCUT2D eigenvalue weighted by molar-refractivity contribution is -0.144. The Hall–Kier alpha value is -7.20. The molecule has 1 aromatic heterocycles. The van der Waals surface area contributed by atoms with Crippen LogP contribution in [0.25, 0.3) is 10.9 Å². The number of Topliss-reactive ketones (excluding diaryl/α,β-unsaturated/α-hetero) is 2. The molecule has 3 unspecified atom stereocenters. The van der Waals surface area contributed by atoms with E-state index < -0.39 is 175 Å². The van der Waals surface area contributed by atoms with Gasteiger partial charge >= 0.3 is 12.2 Å². The summed E-state index contributed by atoms with van der Waals surface area (Å²) in [5.74, 6) is -10.3. The van der Waals surface area contributed by atoms with Gasteiger partial charge in [0.1, 0.15) is 59.0 Å². The molecule has 9 amide bonds. The molecule has 0 saturated carbocycles. The van der Waals surface area contributed by atoms with Gasteiger partial charge in [0.05, 0.1) is 46.9 Å². The van der Waals surface area contributed by atoms with Gasteiger partial charge in [0, 0.05) is 62.7 Å². The molecule has 0 radical (unpaired) electrons. The highest BCUT2D eigenvalue weighted by Crippen LogP contribution is 2.30. The number of hydrogen-bond donors (Lipinski definition) is 12. The predicted octanol–water partition coefficient (Wildman–Crippen LogP) is -0.128. The molecule has 2 aliphatic heterocycles. The average Bonchev–Trinajstić information content (AvgIpc) is 4.00. The lowest BCUT2D eigenvalue weighted by Gasteiger charge is -2.33. The van der Waals surface area contributed by atoms with E-state index in [-0.39, 0.29) is 51.9 Å². The monoisotopic (exact) mass is 1170 g/mol. The highest BCUT2D eigenvalue weighted by Gasteiger charge is 2.45. The van der Waals surface area contributed by atoms with Gasteiger partial charge in [-0.05, 0) is 71.1 Å². The van der Waals surface area contributed by atoms with Gasteiger partial charge in [-0.2, -0.15) is 0 Å². The number of aromatic amines is 1. The Kier molecular flexibility index (Phi) is 25.7. The summed E-state index contributed by atoms with van der Waals surface area (Å²) in [5, 5.41) is 53.5. The molecule has 4 rings (SSSR count). The molecule has 2 aliphatic rings. The molecule has 3 heterocycles. The van der Waals surface area contributed by atoms with E-state index in [1.165, 1.54) is 39.0 Å². The van der Waals surface area contributed by atoms with Crippen LogP contribution in [0.1, 0.15) is 119 Å². The Balaban J connectivity index is 1.75. The molecule has 12 N–H and O–H groups in total. The van der Waals surface area contributed by atoms with E-state index in [1.54, 1.807) is 27.7 Å². The van der Waals surface area contributed by atoms with Crippen LogP contribution in [0.4, 0.5) is 9.59 Å². The fourth-order valence-corrected chi connectivity index (χ4v) is 10.6. The second-order valence-electron chi connectivity index (χ2n) is 21.8. The normalized spacial score (nSPS) is 22.4. The van der Waals surface area contributed by atoms with Crippen LogP contribution in [0.15, 0.2) is 23.2 Å². The number of aliphatic hydroxyl groups is 2. The summed E-state index contributed by atoms with van der Waals surface area (Å²) in [7, 11) is -2.36. The summed E-state index contributed by atoms with van der Waals surface area (Å²) >= 11 is 0. The van der Waals surface area contributed by atoms with Crippen LogP contribution in [0, 0.1) is 11.8 Å². The summed E-state index contributed by atoms with van der Waals surface area (Å²) in [4.78, 5) is 153. The van der Waals surface area contributed by atoms with E-state index in [0.29, 0.717) is 38.6 Å². The number of rotatable bonds is 22.